The van der Waals surface area contributed by atoms with Crippen molar-refractivity contribution in [3.63, 3.8) is 0 Å². The first-order valence-corrected chi connectivity index (χ1v) is 5.78. The van der Waals surface area contributed by atoms with Crippen LogP contribution in [0.25, 0.3) is 0 Å². The summed E-state index contributed by atoms with van der Waals surface area (Å²) in [7, 11) is 0. The number of carboxylic acids is 1. The fourth-order valence-electron chi connectivity index (χ4n) is 1.26. The number of urea groups is 1. The lowest BCUT2D eigenvalue weighted by Gasteiger charge is -2.25. The molecule has 3 amide bonds. The lowest BCUT2D eigenvalue weighted by Crippen LogP contribution is -2.47. The first-order chi connectivity index (χ1) is 8.88. The number of carbonyl (C=O) groups is 3. The highest BCUT2D eigenvalue weighted by Gasteiger charge is 2.17. The molecule has 0 fully saturated rings. The van der Waals surface area contributed by atoms with E-state index in [1.807, 2.05) is 6.07 Å². The fraction of sp³-hybridized carbons (Fsp3) is 0.636. The molecular formula is C11H18N4O4. The lowest BCUT2D eigenvalue weighted by molar-refractivity contribution is -0.137. The number of nitriles is 1. The summed E-state index contributed by atoms with van der Waals surface area (Å²) in [6.07, 6.45) is 0.205. The van der Waals surface area contributed by atoms with Crippen LogP contribution in [-0.4, -0.2) is 53.6 Å². The monoisotopic (exact) mass is 270 g/mol. The lowest BCUT2D eigenvalue weighted by atomic mass is 10.3. The summed E-state index contributed by atoms with van der Waals surface area (Å²) >= 11 is 0. The van der Waals surface area contributed by atoms with Gasteiger partial charge in [-0.25, -0.2) is 4.79 Å². The van der Waals surface area contributed by atoms with Crippen LogP contribution in [0.15, 0.2) is 0 Å². The van der Waals surface area contributed by atoms with Crippen molar-refractivity contribution in [2.24, 2.45) is 0 Å². The van der Waals surface area contributed by atoms with E-state index in [9.17, 15) is 14.4 Å². The van der Waals surface area contributed by atoms with Gasteiger partial charge in [-0.2, -0.15) is 5.26 Å². The van der Waals surface area contributed by atoms with Crippen molar-refractivity contribution in [1.82, 2.24) is 15.5 Å². The van der Waals surface area contributed by atoms with Gasteiger partial charge in [-0.3, -0.25) is 9.59 Å². The molecule has 0 rings (SSSR count). The molecule has 0 radical (unpaired) electrons. The largest absolute Gasteiger partial charge is 0.480 e. The third-order valence-electron chi connectivity index (χ3n) is 2.19. The van der Waals surface area contributed by atoms with Gasteiger partial charge in [-0.1, -0.05) is 0 Å². The third kappa shape index (κ3) is 7.59. The summed E-state index contributed by atoms with van der Waals surface area (Å²) in [5.74, 6) is -1.74. The Morgan fingerprint density at radius 3 is 2.37 bits per heavy atom. The molecule has 0 unspecified atom stereocenters. The second kappa shape index (κ2) is 8.74. The van der Waals surface area contributed by atoms with Crippen molar-refractivity contribution in [1.29, 1.82) is 5.26 Å². The molecule has 0 bridgehead atoms. The van der Waals surface area contributed by atoms with Crippen molar-refractivity contribution < 1.29 is 19.5 Å². The number of rotatable bonds is 7. The summed E-state index contributed by atoms with van der Waals surface area (Å²) < 4.78 is 0. The van der Waals surface area contributed by atoms with Crippen LogP contribution in [0.5, 0.6) is 0 Å². The molecule has 0 aromatic heterocycles. The first kappa shape index (κ1) is 16.7. The molecule has 19 heavy (non-hydrogen) atoms. The Morgan fingerprint density at radius 1 is 1.26 bits per heavy atom. The van der Waals surface area contributed by atoms with Crippen LogP contribution in [0.3, 0.4) is 0 Å². The molecule has 0 heterocycles. The van der Waals surface area contributed by atoms with E-state index in [-0.39, 0.29) is 25.6 Å². The number of amides is 3. The van der Waals surface area contributed by atoms with Gasteiger partial charge in [0.15, 0.2) is 0 Å². The van der Waals surface area contributed by atoms with E-state index in [4.69, 9.17) is 10.4 Å². The van der Waals surface area contributed by atoms with Crippen molar-refractivity contribution >= 4 is 17.9 Å². The zero-order chi connectivity index (χ0) is 14.8. The number of hydrogen-bond donors (Lipinski definition) is 3. The molecule has 0 aliphatic rings. The highest BCUT2D eigenvalue weighted by atomic mass is 16.4. The maximum absolute atomic E-state index is 11.7. The van der Waals surface area contributed by atoms with Crippen LogP contribution in [0.1, 0.15) is 20.3 Å². The van der Waals surface area contributed by atoms with Crippen LogP contribution in [-0.2, 0) is 9.59 Å². The molecule has 0 aliphatic heterocycles. The fourth-order valence-corrected chi connectivity index (χ4v) is 1.26. The quantitative estimate of drug-likeness (QED) is 0.576. The number of aliphatic carboxylic acids is 1. The van der Waals surface area contributed by atoms with Gasteiger partial charge >= 0.3 is 12.0 Å². The second-order valence-corrected chi connectivity index (χ2v) is 4.02. The second-order valence-electron chi connectivity index (χ2n) is 4.02. The van der Waals surface area contributed by atoms with Crippen molar-refractivity contribution in [3.8, 4) is 6.07 Å². The molecule has 0 aromatic rings. The Bertz CT molecular complexity index is 375. The standard InChI is InChI=1S/C11H18N4O4/c1-8(2)15(5-3-4-12)11(19)14-6-9(16)13-7-10(17)18/h8H,3,5-7H2,1-2H3,(H,13,16)(H,14,19)(H,17,18). The minimum Gasteiger partial charge on any atom is -0.480 e. The number of nitrogens with one attached hydrogen (secondary N) is 2. The average Bonchev–Trinajstić information content (AvgIpc) is 2.33. The van der Waals surface area contributed by atoms with Gasteiger partial charge in [0.25, 0.3) is 0 Å². The number of nitrogens with zero attached hydrogens (tertiary/aromatic N) is 2. The normalized spacial score (nSPS) is 9.58. The van der Waals surface area contributed by atoms with Gasteiger partial charge in [0.2, 0.25) is 5.91 Å². The minimum atomic E-state index is -1.16. The van der Waals surface area contributed by atoms with Gasteiger partial charge < -0.3 is 20.6 Å². The Balaban J connectivity index is 4.15. The molecule has 8 nitrogen and oxygen atoms in total. The van der Waals surface area contributed by atoms with Gasteiger partial charge in [-0.15, -0.1) is 0 Å². The van der Waals surface area contributed by atoms with Crippen molar-refractivity contribution in [3.05, 3.63) is 0 Å². The van der Waals surface area contributed by atoms with Gasteiger partial charge in [0.05, 0.1) is 19.0 Å². The van der Waals surface area contributed by atoms with Crippen LogP contribution in [0.4, 0.5) is 4.79 Å². The molecule has 0 saturated heterocycles. The smallest absolute Gasteiger partial charge is 0.322 e. The first-order valence-electron chi connectivity index (χ1n) is 5.78. The topological polar surface area (TPSA) is 123 Å². The van der Waals surface area contributed by atoms with E-state index in [0.717, 1.165) is 0 Å². The minimum absolute atomic E-state index is 0.101. The van der Waals surface area contributed by atoms with Gasteiger partial charge in [0, 0.05) is 12.6 Å². The van der Waals surface area contributed by atoms with Gasteiger partial charge in [0.1, 0.15) is 6.54 Å². The predicted molar refractivity (Wildman–Crippen MR) is 66.1 cm³/mol. The van der Waals surface area contributed by atoms with Crippen LogP contribution < -0.4 is 10.6 Å². The van der Waals surface area contributed by atoms with Crippen LogP contribution in [0.2, 0.25) is 0 Å². The number of carbonyl (C=O) groups excluding carboxylic acids is 2. The highest BCUT2D eigenvalue weighted by molar-refractivity contribution is 5.86. The van der Waals surface area contributed by atoms with E-state index in [2.05, 4.69) is 10.6 Å². The highest BCUT2D eigenvalue weighted by Crippen LogP contribution is 1.99. The Hall–Kier alpha value is -2.30. The number of hydrogen-bond acceptors (Lipinski definition) is 4. The molecular weight excluding hydrogens is 252 g/mol. The number of carboxylic acid groups (broad SMARTS) is 1. The van der Waals surface area contributed by atoms with Crippen molar-refractivity contribution in [2.75, 3.05) is 19.6 Å². The summed E-state index contributed by atoms with van der Waals surface area (Å²) in [6.45, 7) is 3.07. The molecule has 0 aliphatic carbocycles. The maximum Gasteiger partial charge on any atom is 0.322 e. The Labute approximate surface area is 111 Å². The predicted octanol–water partition coefficient (Wildman–Crippen LogP) is -0.479. The van der Waals surface area contributed by atoms with Crippen LogP contribution in [0, 0.1) is 11.3 Å². The van der Waals surface area contributed by atoms with E-state index < -0.39 is 24.5 Å². The molecule has 0 aromatic carbocycles. The van der Waals surface area contributed by atoms with Crippen molar-refractivity contribution in [2.45, 2.75) is 26.3 Å². The van der Waals surface area contributed by atoms with Gasteiger partial charge in [-0.05, 0) is 13.8 Å². The molecule has 3 N–H and O–H groups in total. The molecule has 0 spiro atoms. The molecule has 106 valence electrons. The van der Waals surface area contributed by atoms with E-state index >= 15 is 0 Å². The Kier molecular flexibility index (Phi) is 7.68. The SMILES string of the molecule is CC(C)N(CCC#N)C(=O)NCC(=O)NCC(=O)O. The van der Waals surface area contributed by atoms with E-state index in [1.165, 1.54) is 4.90 Å². The summed E-state index contributed by atoms with van der Waals surface area (Å²) in [4.78, 5) is 34.6. The zero-order valence-electron chi connectivity index (χ0n) is 11.0. The van der Waals surface area contributed by atoms with E-state index in [0.29, 0.717) is 0 Å². The third-order valence-corrected chi connectivity index (χ3v) is 2.19. The summed E-state index contributed by atoms with van der Waals surface area (Å²) in [5, 5.41) is 21.3. The maximum atomic E-state index is 11.7. The zero-order valence-corrected chi connectivity index (χ0v) is 11.0. The van der Waals surface area contributed by atoms with Crippen LogP contribution >= 0.6 is 0 Å². The van der Waals surface area contributed by atoms with E-state index in [1.54, 1.807) is 13.8 Å². The summed E-state index contributed by atoms with van der Waals surface area (Å²) in [6, 6.07) is 1.38. The molecule has 8 heteroatoms. The average molecular weight is 270 g/mol. The molecule has 0 saturated carbocycles. The summed E-state index contributed by atoms with van der Waals surface area (Å²) in [5.41, 5.74) is 0. The molecule has 0 atom stereocenters. The Morgan fingerprint density at radius 2 is 1.89 bits per heavy atom.